The lowest BCUT2D eigenvalue weighted by Crippen LogP contribution is -2.52. The summed E-state index contributed by atoms with van der Waals surface area (Å²) in [7, 11) is 1.68. The van der Waals surface area contributed by atoms with Crippen molar-refractivity contribution in [1.29, 1.82) is 0 Å². The number of carbonyl (C=O) groups is 3. The minimum absolute atomic E-state index is 0.00682. The smallest absolute Gasteiger partial charge is 0.334 e. The maximum Gasteiger partial charge on any atom is 0.334 e. The summed E-state index contributed by atoms with van der Waals surface area (Å²) in [5.41, 5.74) is 0.952. The Kier molecular flexibility index (Phi) is 4.76. The Morgan fingerprint density at radius 3 is 2.52 bits per heavy atom. The van der Waals surface area contributed by atoms with Crippen molar-refractivity contribution in [3.05, 3.63) is 29.8 Å². The standard InChI is InChI=1S/C18H22N2O5/c1-11-9-20(10-15(25-11)18(23)24)17(22)13-5-3-4-6-14(13)19(2)16(21)12-7-8-12/h3-6,11-12,15H,7-10H2,1-2H3,(H,23,24)/t11-,15?/m1/s1. The molecule has 2 fully saturated rings. The first kappa shape index (κ1) is 17.4. The second-order valence-electron chi connectivity index (χ2n) is 6.67. The lowest BCUT2D eigenvalue weighted by atomic mass is 10.1. The van der Waals surface area contributed by atoms with Gasteiger partial charge in [0.05, 0.1) is 23.9 Å². The van der Waals surface area contributed by atoms with Crippen LogP contribution in [0.3, 0.4) is 0 Å². The third-order valence-corrected chi connectivity index (χ3v) is 4.58. The van der Waals surface area contributed by atoms with E-state index in [9.17, 15) is 19.5 Å². The molecule has 1 saturated carbocycles. The summed E-state index contributed by atoms with van der Waals surface area (Å²) in [5.74, 6) is -1.31. The second-order valence-corrected chi connectivity index (χ2v) is 6.67. The molecule has 1 N–H and O–H groups in total. The van der Waals surface area contributed by atoms with Crippen LogP contribution in [0.5, 0.6) is 0 Å². The van der Waals surface area contributed by atoms with Crippen LogP contribution in [0.25, 0.3) is 0 Å². The first-order valence-corrected chi connectivity index (χ1v) is 8.42. The second kappa shape index (κ2) is 6.84. The third kappa shape index (κ3) is 3.66. The van der Waals surface area contributed by atoms with E-state index in [0.29, 0.717) is 17.8 Å². The van der Waals surface area contributed by atoms with E-state index in [1.54, 1.807) is 38.2 Å². The van der Waals surface area contributed by atoms with Crippen LogP contribution < -0.4 is 4.90 Å². The monoisotopic (exact) mass is 346 g/mol. The molecule has 0 spiro atoms. The molecule has 1 aliphatic heterocycles. The fourth-order valence-corrected chi connectivity index (χ4v) is 3.09. The molecule has 3 rings (SSSR count). The Hall–Kier alpha value is -2.41. The van der Waals surface area contributed by atoms with Gasteiger partial charge >= 0.3 is 5.97 Å². The Balaban J connectivity index is 1.84. The average Bonchev–Trinajstić information content (AvgIpc) is 3.44. The molecule has 0 bridgehead atoms. The molecule has 1 heterocycles. The van der Waals surface area contributed by atoms with Gasteiger partial charge < -0.3 is 19.6 Å². The quantitative estimate of drug-likeness (QED) is 0.890. The maximum atomic E-state index is 13.0. The molecule has 1 aromatic rings. The third-order valence-electron chi connectivity index (χ3n) is 4.58. The van der Waals surface area contributed by atoms with Crippen molar-refractivity contribution in [1.82, 2.24) is 4.90 Å². The van der Waals surface area contributed by atoms with Gasteiger partial charge in [0.2, 0.25) is 5.91 Å². The van der Waals surface area contributed by atoms with Gasteiger partial charge in [0.25, 0.3) is 5.91 Å². The normalized spacial score (nSPS) is 23.2. The first-order valence-electron chi connectivity index (χ1n) is 8.42. The number of aliphatic carboxylic acids is 1. The highest BCUT2D eigenvalue weighted by Crippen LogP contribution is 2.33. The van der Waals surface area contributed by atoms with Crippen LogP contribution in [0.15, 0.2) is 24.3 Å². The van der Waals surface area contributed by atoms with Crippen molar-refractivity contribution >= 4 is 23.5 Å². The Labute approximate surface area is 146 Å². The number of carboxylic acid groups (broad SMARTS) is 1. The molecule has 7 heteroatoms. The molecule has 2 atom stereocenters. The van der Waals surface area contributed by atoms with E-state index in [-0.39, 0.29) is 30.4 Å². The molecule has 0 radical (unpaired) electrons. The van der Waals surface area contributed by atoms with E-state index in [0.717, 1.165) is 12.8 Å². The number of hydrogen-bond acceptors (Lipinski definition) is 4. The zero-order valence-electron chi connectivity index (χ0n) is 14.3. The summed E-state index contributed by atoms with van der Waals surface area (Å²) >= 11 is 0. The summed E-state index contributed by atoms with van der Waals surface area (Å²) < 4.78 is 5.36. The number of nitrogens with zero attached hydrogens (tertiary/aromatic N) is 2. The van der Waals surface area contributed by atoms with E-state index < -0.39 is 12.1 Å². The number of amides is 2. The number of benzene rings is 1. The van der Waals surface area contributed by atoms with Gasteiger partial charge in [0.1, 0.15) is 0 Å². The zero-order chi connectivity index (χ0) is 18.1. The van der Waals surface area contributed by atoms with E-state index in [2.05, 4.69) is 0 Å². The van der Waals surface area contributed by atoms with E-state index in [4.69, 9.17) is 4.74 Å². The number of para-hydroxylation sites is 1. The van der Waals surface area contributed by atoms with Gasteiger partial charge in [-0.1, -0.05) is 12.1 Å². The van der Waals surface area contributed by atoms with Gasteiger partial charge in [-0.05, 0) is 31.9 Å². The highest BCUT2D eigenvalue weighted by Gasteiger charge is 2.36. The minimum Gasteiger partial charge on any atom is -0.479 e. The highest BCUT2D eigenvalue weighted by atomic mass is 16.5. The van der Waals surface area contributed by atoms with E-state index in [1.165, 1.54) is 9.80 Å². The largest absolute Gasteiger partial charge is 0.479 e. The lowest BCUT2D eigenvalue weighted by molar-refractivity contribution is -0.160. The number of hydrogen-bond donors (Lipinski definition) is 1. The fraction of sp³-hybridized carbons (Fsp3) is 0.500. The van der Waals surface area contributed by atoms with Crippen LogP contribution in [0, 0.1) is 5.92 Å². The van der Waals surface area contributed by atoms with Crippen molar-refractivity contribution in [2.24, 2.45) is 5.92 Å². The molecule has 25 heavy (non-hydrogen) atoms. The molecule has 1 saturated heterocycles. The molecular formula is C18H22N2O5. The predicted octanol–water partition coefficient (Wildman–Crippen LogP) is 1.37. The number of rotatable bonds is 4. The van der Waals surface area contributed by atoms with Crippen molar-refractivity contribution in [3.8, 4) is 0 Å². The van der Waals surface area contributed by atoms with Crippen molar-refractivity contribution < 1.29 is 24.2 Å². The Morgan fingerprint density at radius 2 is 1.88 bits per heavy atom. The first-order chi connectivity index (χ1) is 11.9. The predicted molar refractivity (Wildman–Crippen MR) is 90.5 cm³/mol. The van der Waals surface area contributed by atoms with Gasteiger partial charge in [-0.3, -0.25) is 9.59 Å². The molecule has 1 unspecified atom stereocenters. The van der Waals surface area contributed by atoms with Crippen molar-refractivity contribution in [3.63, 3.8) is 0 Å². The van der Waals surface area contributed by atoms with E-state index in [1.807, 2.05) is 0 Å². The Bertz CT molecular complexity index is 700. The van der Waals surface area contributed by atoms with Gasteiger partial charge in [-0.25, -0.2) is 4.79 Å². The van der Waals surface area contributed by atoms with Crippen LogP contribution in [-0.4, -0.2) is 60.1 Å². The molecule has 0 aromatic heterocycles. The fourth-order valence-electron chi connectivity index (χ4n) is 3.09. The summed E-state index contributed by atoms with van der Waals surface area (Å²) in [6.45, 7) is 2.05. The molecular weight excluding hydrogens is 324 g/mol. The van der Waals surface area contributed by atoms with Crippen LogP contribution in [-0.2, 0) is 14.3 Å². The lowest BCUT2D eigenvalue weighted by Gasteiger charge is -2.35. The average molecular weight is 346 g/mol. The van der Waals surface area contributed by atoms with Gasteiger partial charge in [0, 0.05) is 19.5 Å². The highest BCUT2D eigenvalue weighted by molar-refractivity contribution is 6.05. The molecule has 1 aromatic carbocycles. The van der Waals surface area contributed by atoms with Crippen LogP contribution >= 0.6 is 0 Å². The molecule has 1 aliphatic carbocycles. The molecule has 2 aliphatic rings. The summed E-state index contributed by atoms with van der Waals surface area (Å²) in [6, 6.07) is 6.94. The Morgan fingerprint density at radius 1 is 1.20 bits per heavy atom. The van der Waals surface area contributed by atoms with Crippen molar-refractivity contribution in [2.75, 3.05) is 25.0 Å². The molecule has 2 amide bonds. The van der Waals surface area contributed by atoms with Gasteiger partial charge in [-0.15, -0.1) is 0 Å². The zero-order valence-corrected chi connectivity index (χ0v) is 14.3. The minimum atomic E-state index is -1.08. The van der Waals surface area contributed by atoms with Crippen LogP contribution in [0.2, 0.25) is 0 Å². The van der Waals surface area contributed by atoms with Gasteiger partial charge in [-0.2, -0.15) is 0 Å². The SMILES string of the molecule is C[C@@H]1CN(C(=O)c2ccccc2N(C)C(=O)C2CC2)CC(C(=O)O)O1. The number of carboxylic acids is 1. The van der Waals surface area contributed by atoms with Crippen LogP contribution in [0.1, 0.15) is 30.1 Å². The van der Waals surface area contributed by atoms with Gasteiger partial charge in [0.15, 0.2) is 6.10 Å². The number of morpholine rings is 1. The number of anilines is 1. The van der Waals surface area contributed by atoms with Crippen molar-refractivity contribution in [2.45, 2.75) is 32.0 Å². The summed E-state index contributed by atoms with van der Waals surface area (Å²) in [4.78, 5) is 39.6. The topological polar surface area (TPSA) is 87.2 Å². The molecule has 134 valence electrons. The number of ether oxygens (including phenoxy) is 1. The molecule has 7 nitrogen and oxygen atoms in total. The number of carbonyl (C=O) groups excluding carboxylic acids is 2. The summed E-state index contributed by atoms with van der Waals surface area (Å²) in [6.07, 6.45) is 0.378. The van der Waals surface area contributed by atoms with Crippen LogP contribution in [0.4, 0.5) is 5.69 Å². The summed E-state index contributed by atoms with van der Waals surface area (Å²) in [5, 5.41) is 9.19. The van der Waals surface area contributed by atoms with E-state index >= 15 is 0 Å². The maximum absolute atomic E-state index is 13.0.